The van der Waals surface area contributed by atoms with Crippen molar-refractivity contribution in [2.75, 3.05) is 0 Å². The Hall–Kier alpha value is -2.73. The largest absolute Gasteiger partial charge is 0.340 e. The molecule has 132 valence electrons. The molecule has 1 aliphatic carbocycles. The molecule has 1 aromatic carbocycles. The highest BCUT2D eigenvalue weighted by atomic mass is 35.5. The van der Waals surface area contributed by atoms with Crippen molar-refractivity contribution >= 4 is 17.5 Å². The lowest BCUT2D eigenvalue weighted by Gasteiger charge is -2.10. The molecule has 0 aliphatic heterocycles. The van der Waals surface area contributed by atoms with E-state index < -0.39 is 6.04 Å². The van der Waals surface area contributed by atoms with Gasteiger partial charge in [-0.15, -0.1) is 0 Å². The molecule has 1 saturated carbocycles. The van der Waals surface area contributed by atoms with Crippen molar-refractivity contribution in [2.24, 2.45) is 0 Å². The summed E-state index contributed by atoms with van der Waals surface area (Å²) < 4.78 is 5.33. The molecule has 0 bridgehead atoms. The Morgan fingerprint density at radius 3 is 2.88 bits per heavy atom. The highest BCUT2D eigenvalue weighted by Gasteiger charge is 2.26. The Bertz CT molecular complexity index is 952. The van der Waals surface area contributed by atoms with Crippen molar-refractivity contribution in [3.8, 4) is 11.4 Å². The standard InChI is InChI=1S/C19H17ClN4O2/c1-11(22-18(25)14-4-2-3-5-15(14)20)19-23-17(24-26-19)13-8-9-21-16(10-13)12-6-7-12/h2-5,8-12H,6-7H2,1H3,(H,22,25). The Kier molecular flexibility index (Phi) is 4.42. The zero-order valence-electron chi connectivity index (χ0n) is 14.1. The maximum absolute atomic E-state index is 12.4. The maximum atomic E-state index is 12.4. The SMILES string of the molecule is CC(NC(=O)c1ccccc1Cl)c1nc(-c2ccnc(C3CC3)c2)no1. The van der Waals surface area contributed by atoms with E-state index in [1.54, 1.807) is 37.4 Å². The molecule has 1 aliphatic rings. The van der Waals surface area contributed by atoms with Crippen LogP contribution in [0.25, 0.3) is 11.4 Å². The first-order valence-electron chi connectivity index (χ1n) is 8.47. The van der Waals surface area contributed by atoms with Crippen LogP contribution in [0.3, 0.4) is 0 Å². The van der Waals surface area contributed by atoms with E-state index in [0.29, 0.717) is 28.2 Å². The first kappa shape index (κ1) is 16.7. The summed E-state index contributed by atoms with van der Waals surface area (Å²) in [4.78, 5) is 21.2. The summed E-state index contributed by atoms with van der Waals surface area (Å²) in [5, 5.41) is 7.26. The molecule has 1 unspecified atom stereocenters. The molecule has 2 aromatic heterocycles. The number of hydrogen-bond acceptors (Lipinski definition) is 5. The van der Waals surface area contributed by atoms with E-state index in [0.717, 1.165) is 11.3 Å². The van der Waals surface area contributed by atoms with Gasteiger partial charge in [-0.3, -0.25) is 9.78 Å². The van der Waals surface area contributed by atoms with E-state index in [1.165, 1.54) is 12.8 Å². The zero-order valence-corrected chi connectivity index (χ0v) is 14.9. The summed E-state index contributed by atoms with van der Waals surface area (Å²) in [5.41, 5.74) is 2.33. The molecule has 1 amide bonds. The van der Waals surface area contributed by atoms with Gasteiger partial charge in [0.15, 0.2) is 0 Å². The van der Waals surface area contributed by atoms with E-state index in [-0.39, 0.29) is 5.91 Å². The first-order chi connectivity index (χ1) is 12.6. The van der Waals surface area contributed by atoms with Crippen LogP contribution >= 0.6 is 11.6 Å². The van der Waals surface area contributed by atoms with Crippen molar-refractivity contribution in [3.05, 3.63) is 64.8 Å². The van der Waals surface area contributed by atoms with Crippen LogP contribution in [0.2, 0.25) is 5.02 Å². The summed E-state index contributed by atoms with van der Waals surface area (Å²) in [7, 11) is 0. The minimum atomic E-state index is -0.440. The summed E-state index contributed by atoms with van der Waals surface area (Å²) >= 11 is 6.06. The van der Waals surface area contributed by atoms with Crippen molar-refractivity contribution in [3.63, 3.8) is 0 Å². The lowest BCUT2D eigenvalue weighted by atomic mass is 10.1. The summed E-state index contributed by atoms with van der Waals surface area (Å²) in [6, 6.07) is 10.3. The lowest BCUT2D eigenvalue weighted by molar-refractivity contribution is 0.0932. The fourth-order valence-corrected chi connectivity index (χ4v) is 2.92. The molecule has 7 heteroatoms. The Morgan fingerprint density at radius 1 is 1.31 bits per heavy atom. The van der Waals surface area contributed by atoms with Gasteiger partial charge in [-0.2, -0.15) is 4.98 Å². The third kappa shape index (κ3) is 3.46. The maximum Gasteiger partial charge on any atom is 0.253 e. The fourth-order valence-electron chi connectivity index (χ4n) is 2.70. The summed E-state index contributed by atoms with van der Waals surface area (Å²) in [6.45, 7) is 1.79. The van der Waals surface area contributed by atoms with Crippen LogP contribution in [-0.4, -0.2) is 21.0 Å². The number of carbonyl (C=O) groups is 1. The van der Waals surface area contributed by atoms with Gasteiger partial charge in [0.25, 0.3) is 5.91 Å². The van der Waals surface area contributed by atoms with Crippen molar-refractivity contribution in [2.45, 2.75) is 31.7 Å². The number of aromatic nitrogens is 3. The summed E-state index contributed by atoms with van der Waals surface area (Å²) in [5.74, 6) is 1.09. The van der Waals surface area contributed by atoms with E-state index in [1.807, 2.05) is 12.1 Å². The molecule has 3 aromatic rings. The van der Waals surface area contributed by atoms with Crippen molar-refractivity contribution in [1.82, 2.24) is 20.4 Å². The fraction of sp³-hybridized carbons (Fsp3) is 0.263. The number of nitrogens with zero attached hydrogens (tertiary/aromatic N) is 3. The van der Waals surface area contributed by atoms with Gasteiger partial charge in [0, 0.05) is 23.4 Å². The van der Waals surface area contributed by atoms with Gasteiger partial charge in [0.2, 0.25) is 11.7 Å². The molecule has 26 heavy (non-hydrogen) atoms. The Labute approximate surface area is 155 Å². The lowest BCUT2D eigenvalue weighted by Crippen LogP contribution is -2.27. The van der Waals surface area contributed by atoms with Crippen LogP contribution in [0.15, 0.2) is 47.1 Å². The number of hydrogen-bond donors (Lipinski definition) is 1. The predicted octanol–water partition coefficient (Wildman–Crippen LogP) is 4.15. The summed E-state index contributed by atoms with van der Waals surface area (Å²) in [6.07, 6.45) is 4.12. The molecule has 0 saturated heterocycles. The van der Waals surface area contributed by atoms with Gasteiger partial charge in [0.05, 0.1) is 10.6 Å². The van der Waals surface area contributed by atoms with Crippen LogP contribution in [0.5, 0.6) is 0 Å². The van der Waals surface area contributed by atoms with Crippen molar-refractivity contribution in [1.29, 1.82) is 0 Å². The minimum absolute atomic E-state index is 0.289. The average Bonchev–Trinajstić information content (AvgIpc) is 3.38. The third-order valence-electron chi connectivity index (χ3n) is 4.31. The van der Waals surface area contributed by atoms with Crippen LogP contribution in [0, 0.1) is 0 Å². The smallest absolute Gasteiger partial charge is 0.253 e. The van der Waals surface area contributed by atoms with E-state index in [4.69, 9.17) is 16.1 Å². The second-order valence-electron chi connectivity index (χ2n) is 6.37. The van der Waals surface area contributed by atoms with Crippen LogP contribution in [-0.2, 0) is 0 Å². The molecule has 1 fully saturated rings. The van der Waals surface area contributed by atoms with Crippen LogP contribution < -0.4 is 5.32 Å². The predicted molar refractivity (Wildman–Crippen MR) is 96.8 cm³/mol. The topological polar surface area (TPSA) is 80.9 Å². The number of benzene rings is 1. The van der Waals surface area contributed by atoms with Gasteiger partial charge < -0.3 is 9.84 Å². The molecular weight excluding hydrogens is 352 g/mol. The normalized spacial score (nSPS) is 14.8. The number of nitrogens with one attached hydrogen (secondary N) is 1. The number of halogens is 1. The van der Waals surface area contributed by atoms with Crippen molar-refractivity contribution < 1.29 is 9.32 Å². The van der Waals surface area contributed by atoms with E-state index >= 15 is 0 Å². The van der Waals surface area contributed by atoms with Crippen LogP contribution in [0.1, 0.15) is 53.7 Å². The number of carbonyl (C=O) groups excluding carboxylic acids is 1. The highest BCUT2D eigenvalue weighted by Crippen LogP contribution is 2.39. The van der Waals surface area contributed by atoms with Gasteiger partial charge in [-0.05, 0) is 44.0 Å². The molecule has 2 heterocycles. The average molecular weight is 369 g/mol. The Morgan fingerprint density at radius 2 is 2.12 bits per heavy atom. The molecule has 1 atom stereocenters. The van der Waals surface area contributed by atoms with Gasteiger partial charge >= 0.3 is 0 Å². The second kappa shape index (κ2) is 6.88. The minimum Gasteiger partial charge on any atom is -0.340 e. The number of rotatable bonds is 5. The van der Waals surface area contributed by atoms with Gasteiger partial charge in [-0.25, -0.2) is 0 Å². The first-order valence-corrected chi connectivity index (χ1v) is 8.85. The molecular formula is C19H17ClN4O2. The number of pyridine rings is 1. The highest BCUT2D eigenvalue weighted by molar-refractivity contribution is 6.33. The third-order valence-corrected chi connectivity index (χ3v) is 4.64. The molecule has 4 rings (SSSR count). The number of amides is 1. The molecule has 0 radical (unpaired) electrons. The molecule has 1 N–H and O–H groups in total. The molecule has 6 nitrogen and oxygen atoms in total. The van der Waals surface area contributed by atoms with E-state index in [9.17, 15) is 4.79 Å². The zero-order chi connectivity index (χ0) is 18.1. The Balaban J connectivity index is 1.49. The van der Waals surface area contributed by atoms with E-state index in [2.05, 4.69) is 20.4 Å². The second-order valence-corrected chi connectivity index (χ2v) is 6.78. The molecule has 0 spiro atoms. The van der Waals surface area contributed by atoms with Gasteiger partial charge in [0.1, 0.15) is 6.04 Å². The monoisotopic (exact) mass is 368 g/mol. The van der Waals surface area contributed by atoms with Crippen LogP contribution in [0.4, 0.5) is 0 Å². The quantitative estimate of drug-likeness (QED) is 0.731. The van der Waals surface area contributed by atoms with Gasteiger partial charge in [-0.1, -0.05) is 28.9 Å².